The van der Waals surface area contributed by atoms with Crippen molar-refractivity contribution in [3.05, 3.63) is 29.6 Å². The number of benzene rings is 1. The smallest absolute Gasteiger partial charge is 0.338 e. The molecule has 0 aromatic heterocycles. The van der Waals surface area contributed by atoms with E-state index in [2.05, 4.69) is 0 Å². The highest BCUT2D eigenvalue weighted by Crippen LogP contribution is 2.20. The predicted octanol–water partition coefficient (Wildman–Crippen LogP) is 2.26. The molecule has 1 aliphatic rings. The van der Waals surface area contributed by atoms with Gasteiger partial charge in [-0.05, 0) is 43.9 Å². The summed E-state index contributed by atoms with van der Waals surface area (Å²) in [7, 11) is -3.61. The Hall–Kier alpha value is -1.47. The first-order chi connectivity index (χ1) is 9.90. The fourth-order valence-electron chi connectivity index (χ4n) is 2.35. The number of carboxylic acids is 1. The second kappa shape index (κ2) is 6.53. The first kappa shape index (κ1) is 15.9. The van der Waals surface area contributed by atoms with Crippen molar-refractivity contribution in [3.63, 3.8) is 0 Å². The fourth-order valence-corrected chi connectivity index (χ4v) is 3.71. The van der Waals surface area contributed by atoms with Gasteiger partial charge in [-0.3, -0.25) is 0 Å². The van der Waals surface area contributed by atoms with Crippen molar-refractivity contribution in [2.75, 3.05) is 12.4 Å². The summed E-state index contributed by atoms with van der Waals surface area (Å²) >= 11 is 0. The molecule has 1 atom stereocenters. The van der Waals surface area contributed by atoms with Gasteiger partial charge in [0, 0.05) is 6.61 Å². The van der Waals surface area contributed by atoms with Crippen LogP contribution in [0, 0.1) is 5.82 Å². The van der Waals surface area contributed by atoms with E-state index in [4.69, 9.17) is 9.84 Å². The van der Waals surface area contributed by atoms with E-state index in [0.717, 1.165) is 37.6 Å². The molecule has 0 aliphatic carbocycles. The molecule has 0 bridgehead atoms. The lowest BCUT2D eigenvalue weighted by molar-refractivity contribution is 0.0691. The molecule has 0 saturated carbocycles. The number of carboxylic acid groups (broad SMARTS) is 1. The van der Waals surface area contributed by atoms with Gasteiger partial charge in [0.2, 0.25) is 0 Å². The quantitative estimate of drug-likeness (QED) is 0.814. The minimum Gasteiger partial charge on any atom is -0.478 e. The number of carbonyl (C=O) groups is 1. The molecule has 1 unspecified atom stereocenters. The van der Waals surface area contributed by atoms with Crippen LogP contribution in [0.15, 0.2) is 23.1 Å². The van der Waals surface area contributed by atoms with Gasteiger partial charge in [0.05, 0.1) is 22.3 Å². The molecule has 2 rings (SSSR count). The van der Waals surface area contributed by atoms with Crippen LogP contribution in [0.3, 0.4) is 0 Å². The zero-order valence-corrected chi connectivity index (χ0v) is 12.2. The molecular weight excluding hydrogens is 299 g/mol. The minimum atomic E-state index is -3.61. The lowest BCUT2D eigenvalue weighted by atomic mass is 10.1. The molecule has 1 heterocycles. The van der Waals surface area contributed by atoms with E-state index in [-0.39, 0.29) is 16.8 Å². The topological polar surface area (TPSA) is 80.7 Å². The highest BCUT2D eigenvalue weighted by atomic mass is 32.2. The average Bonchev–Trinajstić information content (AvgIpc) is 2.91. The lowest BCUT2D eigenvalue weighted by Gasteiger charge is -2.09. The van der Waals surface area contributed by atoms with Crippen molar-refractivity contribution in [1.82, 2.24) is 0 Å². The summed E-state index contributed by atoms with van der Waals surface area (Å²) in [5.74, 6) is -2.53. The van der Waals surface area contributed by atoms with Crippen LogP contribution in [0.2, 0.25) is 0 Å². The minimum absolute atomic E-state index is 0.0997. The molecular formula is C14H17FO5S. The molecule has 116 valence electrons. The molecule has 5 nitrogen and oxygen atoms in total. The Balaban J connectivity index is 2.04. The van der Waals surface area contributed by atoms with E-state index in [1.807, 2.05) is 0 Å². The van der Waals surface area contributed by atoms with Gasteiger partial charge in [0.1, 0.15) is 5.82 Å². The van der Waals surface area contributed by atoms with Crippen LogP contribution < -0.4 is 0 Å². The molecule has 0 spiro atoms. The monoisotopic (exact) mass is 316 g/mol. The van der Waals surface area contributed by atoms with Gasteiger partial charge >= 0.3 is 5.97 Å². The Bertz CT molecular complexity index is 620. The second-order valence-electron chi connectivity index (χ2n) is 5.04. The van der Waals surface area contributed by atoms with Crippen LogP contribution >= 0.6 is 0 Å². The van der Waals surface area contributed by atoms with Gasteiger partial charge in [-0.15, -0.1) is 0 Å². The van der Waals surface area contributed by atoms with Crippen LogP contribution in [0.5, 0.6) is 0 Å². The van der Waals surface area contributed by atoms with Gasteiger partial charge in [-0.25, -0.2) is 17.6 Å². The lowest BCUT2D eigenvalue weighted by Crippen LogP contribution is -2.12. The first-order valence-corrected chi connectivity index (χ1v) is 8.42. The van der Waals surface area contributed by atoms with Gasteiger partial charge < -0.3 is 9.84 Å². The van der Waals surface area contributed by atoms with Crippen molar-refractivity contribution in [3.8, 4) is 0 Å². The first-order valence-electron chi connectivity index (χ1n) is 6.77. The molecule has 1 aromatic rings. The Morgan fingerprint density at radius 3 is 2.81 bits per heavy atom. The summed E-state index contributed by atoms with van der Waals surface area (Å²) in [6, 6.07) is 2.85. The summed E-state index contributed by atoms with van der Waals surface area (Å²) < 4.78 is 43.0. The molecule has 1 fully saturated rings. The average molecular weight is 316 g/mol. The van der Waals surface area contributed by atoms with E-state index < -0.39 is 27.2 Å². The van der Waals surface area contributed by atoms with Crippen molar-refractivity contribution in [2.45, 2.75) is 36.7 Å². The van der Waals surface area contributed by atoms with Crippen LogP contribution in [-0.4, -0.2) is 38.0 Å². The maximum absolute atomic E-state index is 13.3. The molecule has 7 heteroatoms. The van der Waals surface area contributed by atoms with Crippen molar-refractivity contribution in [1.29, 1.82) is 0 Å². The number of sulfone groups is 1. The molecule has 1 N–H and O–H groups in total. The highest BCUT2D eigenvalue weighted by Gasteiger charge is 2.21. The van der Waals surface area contributed by atoms with E-state index in [9.17, 15) is 17.6 Å². The maximum atomic E-state index is 13.3. The summed E-state index contributed by atoms with van der Waals surface area (Å²) in [6.45, 7) is 0.720. The van der Waals surface area contributed by atoms with Crippen molar-refractivity contribution in [2.24, 2.45) is 0 Å². The standard InChI is InChI=1S/C14H17FO5S/c15-13-6-5-11(9-12(13)14(16)17)21(18,19)8-2-4-10-3-1-7-20-10/h5-6,9-10H,1-4,7-8H2,(H,16,17). The van der Waals surface area contributed by atoms with E-state index in [1.54, 1.807) is 0 Å². The second-order valence-corrected chi connectivity index (χ2v) is 7.15. The van der Waals surface area contributed by atoms with Gasteiger partial charge in [0.15, 0.2) is 9.84 Å². The van der Waals surface area contributed by atoms with Crippen LogP contribution in [0.4, 0.5) is 4.39 Å². The Kier molecular flexibility index (Phi) is 4.95. The zero-order chi connectivity index (χ0) is 15.5. The number of hydrogen-bond donors (Lipinski definition) is 1. The van der Waals surface area contributed by atoms with Crippen LogP contribution in [0.1, 0.15) is 36.0 Å². The fraction of sp³-hybridized carbons (Fsp3) is 0.500. The van der Waals surface area contributed by atoms with E-state index in [0.29, 0.717) is 12.8 Å². The number of rotatable bonds is 6. The molecule has 1 aliphatic heterocycles. The number of hydrogen-bond acceptors (Lipinski definition) is 4. The van der Waals surface area contributed by atoms with Gasteiger partial charge in [-0.2, -0.15) is 0 Å². The van der Waals surface area contributed by atoms with Gasteiger partial charge in [-0.1, -0.05) is 0 Å². The third kappa shape index (κ3) is 4.01. The van der Waals surface area contributed by atoms with Crippen molar-refractivity contribution >= 4 is 15.8 Å². The van der Waals surface area contributed by atoms with Crippen molar-refractivity contribution < 1.29 is 27.4 Å². The number of aromatic carboxylic acids is 1. The maximum Gasteiger partial charge on any atom is 0.338 e. The van der Waals surface area contributed by atoms with E-state index in [1.165, 1.54) is 0 Å². The van der Waals surface area contributed by atoms with Gasteiger partial charge in [0.25, 0.3) is 0 Å². The van der Waals surface area contributed by atoms with E-state index >= 15 is 0 Å². The highest BCUT2D eigenvalue weighted by molar-refractivity contribution is 7.91. The summed E-state index contributed by atoms with van der Waals surface area (Å²) in [5.41, 5.74) is -0.629. The Morgan fingerprint density at radius 2 is 2.19 bits per heavy atom. The SMILES string of the molecule is O=C(O)c1cc(S(=O)(=O)CCCC2CCCO2)ccc1F. The number of halogens is 1. The summed E-state index contributed by atoms with van der Waals surface area (Å²) in [4.78, 5) is 10.7. The summed E-state index contributed by atoms with van der Waals surface area (Å²) in [5, 5.41) is 8.82. The largest absolute Gasteiger partial charge is 0.478 e. The van der Waals surface area contributed by atoms with Crippen LogP contribution in [-0.2, 0) is 14.6 Å². The number of ether oxygens (including phenoxy) is 1. The predicted molar refractivity (Wildman–Crippen MR) is 73.6 cm³/mol. The third-order valence-electron chi connectivity index (χ3n) is 3.49. The zero-order valence-electron chi connectivity index (χ0n) is 11.4. The molecule has 1 saturated heterocycles. The molecule has 1 aromatic carbocycles. The Morgan fingerprint density at radius 1 is 1.43 bits per heavy atom. The van der Waals surface area contributed by atoms with Crippen LogP contribution in [0.25, 0.3) is 0 Å². The summed E-state index contributed by atoms with van der Waals surface area (Å²) in [6.07, 6.45) is 3.15. The third-order valence-corrected chi connectivity index (χ3v) is 5.29. The normalized spacial score (nSPS) is 18.8. The Labute approximate surface area is 122 Å². The molecule has 0 amide bonds. The molecule has 21 heavy (non-hydrogen) atoms. The molecule has 0 radical (unpaired) electrons.